The highest BCUT2D eigenvalue weighted by atomic mass is 16.5. The van der Waals surface area contributed by atoms with Crippen molar-refractivity contribution in [2.24, 2.45) is 0 Å². The Morgan fingerprint density at radius 3 is 2.60 bits per heavy atom. The lowest BCUT2D eigenvalue weighted by atomic mass is 10.2. The molecule has 1 amide bonds. The van der Waals surface area contributed by atoms with E-state index in [1.807, 2.05) is 36.1 Å². The Kier molecular flexibility index (Phi) is 5.98. The van der Waals surface area contributed by atoms with Crippen molar-refractivity contribution < 1.29 is 9.53 Å². The van der Waals surface area contributed by atoms with Gasteiger partial charge in [0, 0.05) is 50.7 Å². The minimum absolute atomic E-state index is 0.0228. The molecule has 154 valence electrons. The van der Waals surface area contributed by atoms with Crippen LogP contribution >= 0.6 is 0 Å². The number of piperazine rings is 1. The topological polar surface area (TPSA) is 96.4 Å². The van der Waals surface area contributed by atoms with E-state index < -0.39 is 0 Å². The summed E-state index contributed by atoms with van der Waals surface area (Å²) in [7, 11) is 0. The predicted octanol–water partition coefficient (Wildman–Crippen LogP) is 2.37. The van der Waals surface area contributed by atoms with Crippen molar-refractivity contribution in [3.63, 3.8) is 0 Å². The van der Waals surface area contributed by atoms with Gasteiger partial charge in [-0.3, -0.25) is 4.79 Å². The van der Waals surface area contributed by atoms with Crippen LogP contribution in [0.5, 0.6) is 5.88 Å². The molecular weight excluding hydrogens is 382 g/mol. The summed E-state index contributed by atoms with van der Waals surface area (Å²) in [4.78, 5) is 33.8. The van der Waals surface area contributed by atoms with Crippen molar-refractivity contribution in [3.05, 3.63) is 60.7 Å². The molecule has 0 radical (unpaired) electrons. The Balaban J connectivity index is 1.36. The van der Waals surface area contributed by atoms with Gasteiger partial charge in [0.25, 0.3) is 5.91 Å². The molecule has 9 heteroatoms. The van der Waals surface area contributed by atoms with E-state index >= 15 is 0 Å². The van der Waals surface area contributed by atoms with Gasteiger partial charge in [0.2, 0.25) is 5.88 Å². The number of rotatable bonds is 6. The fourth-order valence-corrected chi connectivity index (χ4v) is 3.22. The summed E-state index contributed by atoms with van der Waals surface area (Å²) in [6.07, 6.45) is 4.82. The summed E-state index contributed by atoms with van der Waals surface area (Å²) in [5.74, 6) is 2.72. The number of nitrogens with one attached hydrogen (secondary N) is 1. The van der Waals surface area contributed by atoms with E-state index in [0.717, 1.165) is 11.6 Å². The number of anilines is 3. The molecule has 0 aliphatic carbocycles. The zero-order chi connectivity index (χ0) is 20.8. The number of ether oxygens (including phenoxy) is 1. The molecule has 3 aromatic heterocycles. The minimum atomic E-state index is -0.0228. The largest absolute Gasteiger partial charge is 0.478 e. The smallest absolute Gasteiger partial charge is 0.255 e. The van der Waals surface area contributed by atoms with Gasteiger partial charge in [-0.05, 0) is 25.1 Å². The van der Waals surface area contributed by atoms with Gasteiger partial charge in [-0.2, -0.15) is 0 Å². The fraction of sp³-hybridized carbons (Fsp3) is 0.286. The summed E-state index contributed by atoms with van der Waals surface area (Å²) in [6, 6.07) is 11.0. The molecule has 1 saturated heterocycles. The standard InChI is InChI=1S/C21H23N7O2/c1-2-30-20-7-6-16(14-23-20)21(29)28-11-9-27(10-12-28)19-13-18(24-15-25-19)26-17-5-3-4-8-22-17/h3-8,13-15H,2,9-12H2,1H3,(H,22,24,25,26). The van der Waals surface area contributed by atoms with Gasteiger partial charge in [-0.25, -0.2) is 19.9 Å². The maximum Gasteiger partial charge on any atom is 0.255 e. The summed E-state index contributed by atoms with van der Waals surface area (Å²) in [5.41, 5.74) is 0.566. The van der Waals surface area contributed by atoms with E-state index in [0.29, 0.717) is 50.0 Å². The van der Waals surface area contributed by atoms with Crippen LogP contribution in [0.4, 0.5) is 17.5 Å². The molecule has 0 unspecified atom stereocenters. The van der Waals surface area contributed by atoms with E-state index in [2.05, 4.69) is 30.2 Å². The van der Waals surface area contributed by atoms with E-state index in [1.165, 1.54) is 6.33 Å². The molecule has 9 nitrogen and oxygen atoms in total. The molecule has 1 fully saturated rings. The second-order valence-electron chi connectivity index (χ2n) is 6.70. The van der Waals surface area contributed by atoms with Crippen molar-refractivity contribution in [2.45, 2.75) is 6.92 Å². The van der Waals surface area contributed by atoms with Gasteiger partial charge < -0.3 is 19.9 Å². The van der Waals surface area contributed by atoms with Crippen LogP contribution in [0, 0.1) is 0 Å². The lowest BCUT2D eigenvalue weighted by molar-refractivity contribution is 0.0746. The van der Waals surface area contributed by atoms with Crippen LogP contribution in [0.2, 0.25) is 0 Å². The molecule has 0 atom stereocenters. The molecule has 0 spiro atoms. The molecule has 0 saturated carbocycles. The van der Waals surface area contributed by atoms with Crippen LogP contribution in [-0.4, -0.2) is 63.5 Å². The number of amides is 1. The molecule has 3 aromatic rings. The van der Waals surface area contributed by atoms with Gasteiger partial charge >= 0.3 is 0 Å². The van der Waals surface area contributed by atoms with Crippen molar-refractivity contribution in [1.82, 2.24) is 24.8 Å². The summed E-state index contributed by atoms with van der Waals surface area (Å²) in [6.45, 7) is 5.05. The third-order valence-corrected chi connectivity index (χ3v) is 4.74. The van der Waals surface area contributed by atoms with Crippen molar-refractivity contribution >= 4 is 23.4 Å². The second kappa shape index (κ2) is 9.17. The summed E-state index contributed by atoms with van der Waals surface area (Å²) in [5, 5.41) is 3.17. The second-order valence-corrected chi connectivity index (χ2v) is 6.70. The van der Waals surface area contributed by atoms with Crippen LogP contribution in [0.1, 0.15) is 17.3 Å². The molecule has 4 heterocycles. The molecule has 0 aromatic carbocycles. The van der Waals surface area contributed by atoms with E-state index in [4.69, 9.17) is 4.74 Å². The quantitative estimate of drug-likeness (QED) is 0.668. The number of aromatic nitrogens is 4. The summed E-state index contributed by atoms with van der Waals surface area (Å²) >= 11 is 0. The van der Waals surface area contributed by atoms with E-state index in [-0.39, 0.29) is 5.91 Å². The van der Waals surface area contributed by atoms with Gasteiger partial charge in [-0.15, -0.1) is 0 Å². The average molecular weight is 405 g/mol. The number of pyridine rings is 2. The maximum absolute atomic E-state index is 12.8. The first kappa shape index (κ1) is 19.6. The third-order valence-electron chi connectivity index (χ3n) is 4.74. The predicted molar refractivity (Wildman–Crippen MR) is 113 cm³/mol. The first-order valence-electron chi connectivity index (χ1n) is 9.86. The monoisotopic (exact) mass is 405 g/mol. The van der Waals surface area contributed by atoms with Crippen LogP contribution in [0.3, 0.4) is 0 Å². The van der Waals surface area contributed by atoms with Gasteiger partial charge in [-0.1, -0.05) is 6.07 Å². The lowest BCUT2D eigenvalue weighted by Crippen LogP contribution is -2.49. The molecule has 4 rings (SSSR count). The van der Waals surface area contributed by atoms with Crippen LogP contribution in [0.25, 0.3) is 0 Å². The third kappa shape index (κ3) is 4.62. The number of nitrogens with zero attached hydrogens (tertiary/aromatic N) is 6. The highest BCUT2D eigenvalue weighted by Gasteiger charge is 2.23. The maximum atomic E-state index is 12.8. The molecular formula is C21H23N7O2. The lowest BCUT2D eigenvalue weighted by Gasteiger charge is -2.35. The minimum Gasteiger partial charge on any atom is -0.478 e. The van der Waals surface area contributed by atoms with E-state index in [1.54, 1.807) is 24.5 Å². The Labute approximate surface area is 174 Å². The molecule has 1 N–H and O–H groups in total. The fourth-order valence-electron chi connectivity index (χ4n) is 3.22. The first-order valence-corrected chi connectivity index (χ1v) is 9.86. The van der Waals surface area contributed by atoms with Gasteiger partial charge in [0.15, 0.2) is 0 Å². The van der Waals surface area contributed by atoms with Crippen molar-refractivity contribution in [2.75, 3.05) is 43.0 Å². The highest BCUT2D eigenvalue weighted by molar-refractivity contribution is 5.94. The molecule has 30 heavy (non-hydrogen) atoms. The number of hydrogen-bond donors (Lipinski definition) is 1. The van der Waals surface area contributed by atoms with Crippen LogP contribution < -0.4 is 15.0 Å². The Bertz CT molecular complexity index is 974. The Morgan fingerprint density at radius 1 is 1.03 bits per heavy atom. The zero-order valence-corrected chi connectivity index (χ0v) is 16.7. The normalized spacial score (nSPS) is 13.8. The highest BCUT2D eigenvalue weighted by Crippen LogP contribution is 2.19. The van der Waals surface area contributed by atoms with E-state index in [9.17, 15) is 4.79 Å². The summed E-state index contributed by atoms with van der Waals surface area (Å²) < 4.78 is 5.33. The Hall–Kier alpha value is -3.75. The molecule has 1 aliphatic heterocycles. The van der Waals surface area contributed by atoms with Crippen LogP contribution in [0.15, 0.2) is 55.1 Å². The number of carbonyl (C=O) groups excluding carboxylic acids is 1. The molecule has 0 bridgehead atoms. The average Bonchev–Trinajstić information content (AvgIpc) is 2.80. The van der Waals surface area contributed by atoms with Gasteiger partial charge in [0.1, 0.15) is 23.8 Å². The molecule has 1 aliphatic rings. The van der Waals surface area contributed by atoms with Crippen molar-refractivity contribution in [1.29, 1.82) is 0 Å². The van der Waals surface area contributed by atoms with Crippen molar-refractivity contribution in [3.8, 4) is 5.88 Å². The van der Waals surface area contributed by atoms with Crippen LogP contribution in [-0.2, 0) is 0 Å². The zero-order valence-electron chi connectivity index (χ0n) is 16.7. The van der Waals surface area contributed by atoms with Gasteiger partial charge in [0.05, 0.1) is 12.2 Å². The number of carbonyl (C=O) groups is 1. The number of hydrogen-bond acceptors (Lipinski definition) is 8. The SMILES string of the molecule is CCOc1ccc(C(=O)N2CCN(c3cc(Nc4ccccn4)ncn3)CC2)cn1. The first-order chi connectivity index (χ1) is 14.7. The Morgan fingerprint density at radius 2 is 1.90 bits per heavy atom.